The fourth-order valence-electron chi connectivity index (χ4n) is 1.61. The highest BCUT2D eigenvalue weighted by molar-refractivity contribution is 6.84. The molecular weight excluding hydrogens is 203 g/mol. The van der Waals surface area contributed by atoms with Crippen molar-refractivity contribution in [1.82, 2.24) is 4.90 Å². The highest BCUT2D eigenvalue weighted by Gasteiger charge is 2.52. The van der Waals surface area contributed by atoms with Gasteiger partial charge in [0.1, 0.15) is 6.67 Å². The summed E-state index contributed by atoms with van der Waals surface area (Å²) >= 11 is 0. The van der Waals surface area contributed by atoms with Crippen molar-refractivity contribution in [1.29, 1.82) is 0 Å². The van der Waals surface area contributed by atoms with E-state index in [1.165, 1.54) is 0 Å². The van der Waals surface area contributed by atoms with Gasteiger partial charge < -0.3 is 14.2 Å². The monoisotopic (exact) mass is 222 g/mol. The van der Waals surface area contributed by atoms with Crippen LogP contribution >= 0.6 is 0 Å². The molecule has 0 radical (unpaired) electrons. The second kappa shape index (κ2) is 3.60. The normalized spacial score (nSPS) is 27.2. The van der Waals surface area contributed by atoms with Crippen molar-refractivity contribution >= 4 is 12.7 Å². The first kappa shape index (κ1) is 11.7. The van der Waals surface area contributed by atoms with Gasteiger partial charge in [-0.3, -0.25) is 4.99 Å². The molecule has 0 N–H and O–H groups in total. The molecule has 2 aliphatic rings. The van der Waals surface area contributed by atoms with Crippen molar-refractivity contribution in [2.75, 3.05) is 13.7 Å². The molecule has 0 saturated carbocycles. The van der Waals surface area contributed by atoms with Crippen LogP contribution in [0.4, 0.5) is 0 Å². The van der Waals surface area contributed by atoms with Crippen molar-refractivity contribution < 1.29 is 9.31 Å². The average molecular weight is 222 g/mol. The van der Waals surface area contributed by atoms with Gasteiger partial charge in [-0.2, -0.15) is 0 Å². The number of aliphatic imine (C=N–C) groups is 1. The molecule has 2 rings (SSSR count). The lowest BCUT2D eigenvalue weighted by Crippen LogP contribution is -2.41. The van der Waals surface area contributed by atoms with E-state index < -0.39 is 0 Å². The average Bonchev–Trinajstić information content (AvgIpc) is 2.37. The number of rotatable bonds is 1. The van der Waals surface area contributed by atoms with Gasteiger partial charge in [-0.05, 0) is 33.8 Å². The zero-order valence-electron chi connectivity index (χ0n) is 10.7. The Balaban J connectivity index is 2.13. The molecule has 4 nitrogen and oxygen atoms in total. The van der Waals surface area contributed by atoms with E-state index in [0.717, 1.165) is 5.61 Å². The molecule has 0 bridgehead atoms. The molecule has 2 heterocycles. The molecule has 16 heavy (non-hydrogen) atoms. The summed E-state index contributed by atoms with van der Waals surface area (Å²) in [6, 6.07) is 0. The molecule has 0 aromatic heterocycles. The van der Waals surface area contributed by atoms with E-state index in [9.17, 15) is 0 Å². The van der Waals surface area contributed by atoms with Gasteiger partial charge in [0.25, 0.3) is 0 Å². The third-order valence-electron chi connectivity index (χ3n) is 3.47. The third kappa shape index (κ3) is 1.89. The zero-order chi connectivity index (χ0) is 12.0. The van der Waals surface area contributed by atoms with Crippen LogP contribution in [0.3, 0.4) is 0 Å². The summed E-state index contributed by atoms with van der Waals surface area (Å²) in [6.45, 7) is 8.85. The molecule has 0 spiro atoms. The Hall–Kier alpha value is -0.805. The number of hydrogen-bond donors (Lipinski definition) is 0. The predicted molar refractivity (Wildman–Crippen MR) is 65.3 cm³/mol. The van der Waals surface area contributed by atoms with Gasteiger partial charge in [0.15, 0.2) is 0 Å². The molecule has 1 saturated heterocycles. The standard InChI is InChI=1S/C11H19BN2O2/c1-10(2)11(3,4)16-12(15-10)9-6-7-14(5)8-13-9/h6-7H,8H2,1-5H3. The Morgan fingerprint density at radius 2 is 1.81 bits per heavy atom. The molecule has 0 atom stereocenters. The molecule has 0 unspecified atom stereocenters. The Kier molecular flexibility index (Phi) is 2.63. The summed E-state index contributed by atoms with van der Waals surface area (Å²) in [5.41, 5.74) is 0.283. The summed E-state index contributed by atoms with van der Waals surface area (Å²) in [5, 5.41) is 0. The highest BCUT2D eigenvalue weighted by atomic mass is 16.7. The molecule has 0 aromatic carbocycles. The fourth-order valence-corrected chi connectivity index (χ4v) is 1.61. The van der Waals surface area contributed by atoms with E-state index >= 15 is 0 Å². The smallest absolute Gasteiger partial charge is 0.398 e. The summed E-state index contributed by atoms with van der Waals surface area (Å²) in [4.78, 5) is 6.44. The molecule has 2 aliphatic heterocycles. The van der Waals surface area contributed by atoms with Crippen LogP contribution in [0.2, 0.25) is 0 Å². The predicted octanol–water partition coefficient (Wildman–Crippen LogP) is 1.48. The van der Waals surface area contributed by atoms with Gasteiger partial charge in [-0.25, -0.2) is 0 Å². The Labute approximate surface area is 97.5 Å². The minimum absolute atomic E-state index is 0.294. The van der Waals surface area contributed by atoms with E-state index in [1.807, 2.05) is 51.9 Å². The first-order valence-corrected chi connectivity index (χ1v) is 5.60. The summed E-state index contributed by atoms with van der Waals surface area (Å²) in [7, 11) is 1.65. The Morgan fingerprint density at radius 3 is 2.25 bits per heavy atom. The maximum Gasteiger partial charge on any atom is 0.514 e. The zero-order valence-corrected chi connectivity index (χ0v) is 10.7. The number of nitrogens with zero attached hydrogens (tertiary/aromatic N) is 2. The van der Waals surface area contributed by atoms with Crippen molar-refractivity contribution in [2.45, 2.75) is 38.9 Å². The lowest BCUT2D eigenvalue weighted by atomic mass is 9.81. The van der Waals surface area contributed by atoms with Crippen LogP contribution < -0.4 is 0 Å². The minimum Gasteiger partial charge on any atom is -0.398 e. The Morgan fingerprint density at radius 1 is 1.25 bits per heavy atom. The van der Waals surface area contributed by atoms with Gasteiger partial charge in [0, 0.05) is 13.2 Å². The largest absolute Gasteiger partial charge is 0.514 e. The first-order valence-electron chi connectivity index (χ1n) is 5.60. The van der Waals surface area contributed by atoms with E-state index in [-0.39, 0.29) is 18.3 Å². The van der Waals surface area contributed by atoms with Crippen LogP contribution in [0.25, 0.3) is 0 Å². The van der Waals surface area contributed by atoms with Crippen molar-refractivity contribution in [2.24, 2.45) is 4.99 Å². The van der Waals surface area contributed by atoms with E-state index in [1.54, 1.807) is 0 Å². The van der Waals surface area contributed by atoms with Crippen LogP contribution in [-0.2, 0) is 9.31 Å². The second-order valence-corrected chi connectivity index (χ2v) is 5.39. The molecular formula is C11H19BN2O2. The van der Waals surface area contributed by atoms with Gasteiger partial charge in [-0.1, -0.05) is 0 Å². The van der Waals surface area contributed by atoms with E-state index in [0.29, 0.717) is 6.67 Å². The minimum atomic E-state index is -0.338. The third-order valence-corrected chi connectivity index (χ3v) is 3.47. The number of allylic oxidation sites excluding steroid dienone is 1. The molecule has 0 amide bonds. The summed E-state index contributed by atoms with van der Waals surface area (Å²) in [5.74, 6) is 0. The topological polar surface area (TPSA) is 34.1 Å². The SMILES string of the molecule is CN1C=CC(B2OC(C)(C)C(C)(C)O2)=NC1. The fraction of sp³-hybridized carbons (Fsp3) is 0.727. The van der Waals surface area contributed by atoms with Gasteiger partial charge >= 0.3 is 7.12 Å². The van der Waals surface area contributed by atoms with Gasteiger partial charge in [-0.15, -0.1) is 0 Å². The maximum absolute atomic E-state index is 5.92. The van der Waals surface area contributed by atoms with Gasteiger partial charge in [0.05, 0.1) is 16.8 Å². The number of hydrogen-bond acceptors (Lipinski definition) is 4. The van der Waals surface area contributed by atoms with E-state index in [4.69, 9.17) is 9.31 Å². The van der Waals surface area contributed by atoms with Crippen molar-refractivity contribution in [3.63, 3.8) is 0 Å². The highest BCUT2D eigenvalue weighted by Crippen LogP contribution is 2.37. The first-order chi connectivity index (χ1) is 7.32. The maximum atomic E-state index is 5.92. The lowest BCUT2D eigenvalue weighted by Gasteiger charge is -2.32. The van der Waals surface area contributed by atoms with Crippen LogP contribution in [0.5, 0.6) is 0 Å². The quantitative estimate of drug-likeness (QED) is 0.630. The summed E-state index contributed by atoms with van der Waals surface area (Å²) in [6.07, 6.45) is 3.94. The van der Waals surface area contributed by atoms with E-state index in [2.05, 4.69) is 4.99 Å². The molecule has 88 valence electrons. The molecule has 0 aliphatic carbocycles. The molecule has 5 heteroatoms. The Bertz CT molecular complexity index is 334. The van der Waals surface area contributed by atoms with Crippen molar-refractivity contribution in [3.8, 4) is 0 Å². The van der Waals surface area contributed by atoms with Crippen LogP contribution in [0, 0.1) is 0 Å². The van der Waals surface area contributed by atoms with Gasteiger partial charge in [0.2, 0.25) is 0 Å². The van der Waals surface area contributed by atoms with Crippen molar-refractivity contribution in [3.05, 3.63) is 12.3 Å². The second-order valence-electron chi connectivity index (χ2n) is 5.39. The summed E-state index contributed by atoms with van der Waals surface area (Å²) < 4.78 is 11.8. The van der Waals surface area contributed by atoms with Crippen LogP contribution in [-0.4, -0.2) is 42.5 Å². The molecule has 1 fully saturated rings. The van der Waals surface area contributed by atoms with Crippen LogP contribution in [0.1, 0.15) is 27.7 Å². The lowest BCUT2D eigenvalue weighted by molar-refractivity contribution is 0.00578. The van der Waals surface area contributed by atoms with Crippen LogP contribution in [0.15, 0.2) is 17.3 Å². The molecule has 0 aromatic rings.